The monoisotopic (exact) mass is 211 g/mol. The molecule has 0 saturated heterocycles. The second-order valence-corrected chi connectivity index (χ2v) is 5.35. The molecule has 0 amide bonds. The lowest BCUT2D eigenvalue weighted by atomic mass is 9.74. The molecule has 1 heteroatoms. The van der Waals surface area contributed by atoms with Gasteiger partial charge in [-0.25, -0.2) is 0 Å². The van der Waals surface area contributed by atoms with E-state index in [9.17, 15) is 0 Å². The lowest BCUT2D eigenvalue weighted by molar-refractivity contribution is 0.394. The molecular weight excluding hydrogens is 194 g/mol. The zero-order chi connectivity index (χ0) is 11.3. The molecule has 82 valence electrons. The first-order valence-electron chi connectivity index (χ1n) is 5.86. The van der Waals surface area contributed by atoms with Crippen molar-refractivity contribution < 1.29 is 0 Å². The van der Waals surface area contributed by atoms with Gasteiger partial charge >= 0.3 is 0 Å². The van der Waals surface area contributed by atoms with Crippen LogP contribution in [0.5, 0.6) is 0 Å². The first-order chi connectivity index (χ1) is 7.62. The van der Waals surface area contributed by atoms with Gasteiger partial charge in [-0.05, 0) is 28.5 Å². The molecule has 2 atom stereocenters. The fraction of sp³-hybridized carbons (Fsp3) is 0.333. The van der Waals surface area contributed by atoms with Gasteiger partial charge in [0.1, 0.15) is 0 Å². The highest BCUT2D eigenvalue weighted by atomic mass is 14.6. The van der Waals surface area contributed by atoms with Gasteiger partial charge in [0.2, 0.25) is 0 Å². The Hall–Kier alpha value is -1.50. The van der Waals surface area contributed by atoms with Crippen LogP contribution < -0.4 is 5.73 Å². The summed E-state index contributed by atoms with van der Waals surface area (Å²) in [5.74, 6) is 1.02. The second-order valence-electron chi connectivity index (χ2n) is 5.35. The summed E-state index contributed by atoms with van der Waals surface area (Å²) < 4.78 is 0. The minimum atomic E-state index is 0.191. The van der Waals surface area contributed by atoms with Crippen LogP contribution in [0, 0.1) is 5.92 Å². The molecule has 2 N–H and O–H groups in total. The average Bonchev–Trinajstić information content (AvgIpc) is 2.51. The summed E-state index contributed by atoms with van der Waals surface area (Å²) in [6.07, 6.45) is 8.91. The lowest BCUT2D eigenvalue weighted by Gasteiger charge is -2.29. The highest BCUT2D eigenvalue weighted by Crippen LogP contribution is 2.54. The van der Waals surface area contributed by atoms with Gasteiger partial charge in [-0.15, -0.1) is 0 Å². The van der Waals surface area contributed by atoms with E-state index in [0.717, 1.165) is 5.69 Å². The molecule has 3 rings (SSSR count). The van der Waals surface area contributed by atoms with E-state index in [1.54, 1.807) is 0 Å². The molecule has 0 saturated carbocycles. The second kappa shape index (κ2) is 3.00. The van der Waals surface area contributed by atoms with Crippen LogP contribution in [0.1, 0.15) is 30.9 Å². The normalized spacial score (nSPS) is 28.9. The topological polar surface area (TPSA) is 26.0 Å². The lowest BCUT2D eigenvalue weighted by Crippen LogP contribution is -2.24. The Balaban J connectivity index is 2.28. The summed E-state index contributed by atoms with van der Waals surface area (Å²) in [4.78, 5) is 0. The van der Waals surface area contributed by atoms with Gasteiger partial charge in [0, 0.05) is 11.6 Å². The minimum absolute atomic E-state index is 0.191. The largest absolute Gasteiger partial charge is 0.398 e. The fourth-order valence-corrected chi connectivity index (χ4v) is 3.27. The summed E-state index contributed by atoms with van der Waals surface area (Å²) in [7, 11) is 0. The van der Waals surface area contributed by atoms with Crippen molar-refractivity contribution in [2.75, 3.05) is 5.73 Å². The van der Waals surface area contributed by atoms with Gasteiger partial charge in [0.25, 0.3) is 0 Å². The number of anilines is 1. The van der Waals surface area contributed by atoms with Crippen molar-refractivity contribution in [2.45, 2.75) is 25.2 Å². The number of nitrogen functional groups attached to an aromatic ring is 1. The molecule has 1 aromatic rings. The molecule has 1 aromatic carbocycles. The Morgan fingerprint density at radius 3 is 2.69 bits per heavy atom. The molecule has 1 nitrogen and oxygen atoms in total. The van der Waals surface area contributed by atoms with Crippen LogP contribution in [0.4, 0.5) is 5.69 Å². The number of allylic oxidation sites excluding steroid dienone is 4. The number of benzene rings is 1. The van der Waals surface area contributed by atoms with Gasteiger partial charge in [0.05, 0.1) is 0 Å². The van der Waals surface area contributed by atoms with Crippen LogP contribution in [-0.4, -0.2) is 0 Å². The number of hydrogen-bond donors (Lipinski definition) is 1. The number of hydrogen-bond acceptors (Lipinski definition) is 1. The van der Waals surface area contributed by atoms with Gasteiger partial charge in [0.15, 0.2) is 0 Å². The highest BCUT2D eigenvalue weighted by Gasteiger charge is 2.45. The summed E-state index contributed by atoms with van der Waals surface area (Å²) in [5.41, 5.74) is 10.0. The van der Waals surface area contributed by atoms with Gasteiger partial charge < -0.3 is 5.73 Å². The van der Waals surface area contributed by atoms with Crippen molar-refractivity contribution in [3.8, 4) is 0 Å². The van der Waals surface area contributed by atoms with Crippen LogP contribution in [0.25, 0.3) is 0 Å². The average molecular weight is 211 g/mol. The van der Waals surface area contributed by atoms with Crippen molar-refractivity contribution in [2.24, 2.45) is 5.92 Å². The van der Waals surface area contributed by atoms with E-state index in [4.69, 9.17) is 5.73 Å². The van der Waals surface area contributed by atoms with Crippen LogP contribution in [0.3, 0.4) is 0 Å². The summed E-state index contributed by atoms with van der Waals surface area (Å²) >= 11 is 0. The maximum Gasteiger partial charge on any atom is 0.0355 e. The predicted molar refractivity (Wildman–Crippen MR) is 68.4 cm³/mol. The van der Waals surface area contributed by atoms with E-state index in [0.29, 0.717) is 11.8 Å². The molecule has 2 unspecified atom stereocenters. The molecule has 2 aliphatic carbocycles. The third kappa shape index (κ3) is 1.06. The van der Waals surface area contributed by atoms with Crippen molar-refractivity contribution >= 4 is 5.69 Å². The van der Waals surface area contributed by atoms with E-state index in [1.165, 1.54) is 11.1 Å². The number of rotatable bonds is 0. The third-order valence-corrected chi connectivity index (χ3v) is 4.14. The smallest absolute Gasteiger partial charge is 0.0355 e. The maximum atomic E-state index is 6.14. The number of fused-ring (bicyclic) bond motifs is 3. The molecule has 0 aromatic heterocycles. The quantitative estimate of drug-likeness (QED) is 0.654. The van der Waals surface area contributed by atoms with Crippen LogP contribution in [0.2, 0.25) is 0 Å². The van der Waals surface area contributed by atoms with Crippen LogP contribution in [0.15, 0.2) is 42.5 Å². The first-order valence-corrected chi connectivity index (χ1v) is 5.86. The Bertz CT molecular complexity index is 494. The fourth-order valence-electron chi connectivity index (χ4n) is 3.27. The van der Waals surface area contributed by atoms with Crippen molar-refractivity contribution in [1.82, 2.24) is 0 Å². The van der Waals surface area contributed by atoms with Crippen molar-refractivity contribution in [3.05, 3.63) is 53.6 Å². The molecule has 0 bridgehead atoms. The molecule has 0 heterocycles. The van der Waals surface area contributed by atoms with Gasteiger partial charge in [-0.2, -0.15) is 0 Å². The molecule has 0 spiro atoms. The molecule has 2 aliphatic rings. The molecule has 0 fully saturated rings. The molecular formula is C15H17N. The van der Waals surface area contributed by atoms with E-state index in [1.807, 2.05) is 6.07 Å². The molecule has 0 aliphatic heterocycles. The minimum Gasteiger partial charge on any atom is -0.398 e. The molecule has 16 heavy (non-hydrogen) atoms. The van der Waals surface area contributed by atoms with E-state index < -0.39 is 0 Å². The van der Waals surface area contributed by atoms with Crippen molar-refractivity contribution in [1.29, 1.82) is 0 Å². The Morgan fingerprint density at radius 2 is 1.88 bits per heavy atom. The summed E-state index contributed by atoms with van der Waals surface area (Å²) in [5, 5.41) is 0. The van der Waals surface area contributed by atoms with E-state index in [2.05, 4.69) is 50.3 Å². The maximum absolute atomic E-state index is 6.14. The number of nitrogens with two attached hydrogens (primary N) is 1. The SMILES string of the molecule is CC1(C)c2cccc(N)c2C2C=CC=CC21. The Labute approximate surface area is 96.7 Å². The third-order valence-electron chi connectivity index (χ3n) is 4.14. The molecule has 0 radical (unpaired) electrons. The van der Waals surface area contributed by atoms with Gasteiger partial charge in [-0.3, -0.25) is 0 Å². The summed E-state index contributed by atoms with van der Waals surface area (Å²) in [6, 6.07) is 6.32. The standard InChI is InChI=1S/C15H17N/c1-15(2)11-7-4-3-6-10(11)14-12(15)8-5-9-13(14)16/h3-11H,16H2,1-2H3. The Morgan fingerprint density at radius 1 is 1.12 bits per heavy atom. The van der Waals surface area contributed by atoms with Crippen LogP contribution in [-0.2, 0) is 5.41 Å². The first kappa shape index (κ1) is 9.71. The van der Waals surface area contributed by atoms with Gasteiger partial charge in [-0.1, -0.05) is 50.3 Å². The zero-order valence-electron chi connectivity index (χ0n) is 9.77. The summed E-state index contributed by atoms with van der Waals surface area (Å²) in [6.45, 7) is 4.64. The van der Waals surface area contributed by atoms with Crippen LogP contribution >= 0.6 is 0 Å². The Kier molecular flexibility index (Phi) is 1.82. The van der Waals surface area contributed by atoms with E-state index in [-0.39, 0.29) is 5.41 Å². The highest BCUT2D eigenvalue weighted by molar-refractivity contribution is 5.61. The predicted octanol–water partition coefficient (Wildman–Crippen LogP) is 3.39. The van der Waals surface area contributed by atoms with E-state index >= 15 is 0 Å². The van der Waals surface area contributed by atoms with Crippen molar-refractivity contribution in [3.63, 3.8) is 0 Å². The zero-order valence-corrected chi connectivity index (χ0v) is 9.77.